The number of pyridine rings is 1. The van der Waals surface area contributed by atoms with Gasteiger partial charge in [0.05, 0.1) is 19.2 Å². The summed E-state index contributed by atoms with van der Waals surface area (Å²) in [7, 11) is 0. The van der Waals surface area contributed by atoms with Gasteiger partial charge in [-0.15, -0.1) is 0 Å². The first-order chi connectivity index (χ1) is 15.2. The van der Waals surface area contributed by atoms with E-state index in [1.165, 1.54) is 21.7 Å². The van der Waals surface area contributed by atoms with E-state index in [0.717, 1.165) is 13.0 Å². The number of rotatable bonds is 4. The molecule has 2 amide bonds. The summed E-state index contributed by atoms with van der Waals surface area (Å²) in [6.45, 7) is 2.96. The average Bonchev–Trinajstić information content (AvgIpc) is 3.09. The molecule has 1 saturated heterocycles. The summed E-state index contributed by atoms with van der Waals surface area (Å²) in [5.41, 5.74) is -1.50. The van der Waals surface area contributed by atoms with Gasteiger partial charge in [-0.25, -0.2) is 8.78 Å². The summed E-state index contributed by atoms with van der Waals surface area (Å²) in [5, 5.41) is 2.39. The molecular formula is C21H19F2N3O6. The number of carbonyl (C=O) groups excluding carboxylic acids is 3. The molecule has 168 valence electrons. The fraction of sp³-hybridized carbons (Fsp3) is 0.333. The van der Waals surface area contributed by atoms with E-state index in [4.69, 9.17) is 9.47 Å². The van der Waals surface area contributed by atoms with Gasteiger partial charge in [-0.2, -0.15) is 0 Å². The molecule has 4 rings (SSSR count). The molecule has 0 aliphatic carbocycles. The number of esters is 1. The highest BCUT2D eigenvalue weighted by Gasteiger charge is 2.43. The Labute approximate surface area is 180 Å². The van der Waals surface area contributed by atoms with E-state index in [9.17, 15) is 28.0 Å². The number of ether oxygens (including phenoxy) is 2. The highest BCUT2D eigenvalue weighted by molar-refractivity contribution is 6.00. The molecule has 1 fully saturated rings. The van der Waals surface area contributed by atoms with Crippen LogP contribution in [0.5, 0.6) is 5.75 Å². The lowest BCUT2D eigenvalue weighted by molar-refractivity contribution is -0.132. The fourth-order valence-corrected chi connectivity index (χ4v) is 3.80. The largest absolute Gasteiger partial charge is 0.420 e. The zero-order valence-electron chi connectivity index (χ0n) is 17.2. The Hall–Kier alpha value is -3.60. The van der Waals surface area contributed by atoms with E-state index in [1.807, 2.05) is 0 Å². The van der Waals surface area contributed by atoms with Crippen molar-refractivity contribution in [2.75, 3.05) is 6.61 Å². The van der Waals surface area contributed by atoms with Gasteiger partial charge in [-0.3, -0.25) is 19.2 Å². The number of benzene rings is 1. The second-order valence-corrected chi connectivity index (χ2v) is 7.56. The molecule has 32 heavy (non-hydrogen) atoms. The van der Waals surface area contributed by atoms with Crippen LogP contribution in [0, 0.1) is 11.6 Å². The van der Waals surface area contributed by atoms with Crippen molar-refractivity contribution in [3.8, 4) is 5.75 Å². The van der Waals surface area contributed by atoms with E-state index < -0.39 is 52.4 Å². The Morgan fingerprint density at radius 2 is 2.03 bits per heavy atom. The van der Waals surface area contributed by atoms with Crippen molar-refractivity contribution in [3.05, 3.63) is 63.1 Å². The van der Waals surface area contributed by atoms with Gasteiger partial charge in [-0.05, 0) is 13.0 Å². The van der Waals surface area contributed by atoms with Crippen molar-refractivity contribution in [1.29, 1.82) is 0 Å². The highest BCUT2D eigenvalue weighted by Crippen LogP contribution is 2.30. The molecule has 0 spiro atoms. The van der Waals surface area contributed by atoms with Gasteiger partial charge in [0.1, 0.15) is 17.2 Å². The normalized spacial score (nSPS) is 19.4. The lowest BCUT2D eigenvalue weighted by atomic mass is 10.1. The minimum absolute atomic E-state index is 0.0113. The predicted octanol–water partition coefficient (Wildman–Crippen LogP) is 1.18. The third-order valence-electron chi connectivity index (χ3n) is 5.29. The van der Waals surface area contributed by atoms with Crippen molar-refractivity contribution in [2.24, 2.45) is 0 Å². The zero-order valence-corrected chi connectivity index (χ0v) is 17.2. The van der Waals surface area contributed by atoms with Crippen molar-refractivity contribution in [2.45, 2.75) is 39.2 Å². The molecule has 9 nitrogen and oxygen atoms in total. The zero-order chi connectivity index (χ0) is 23.2. The van der Waals surface area contributed by atoms with Crippen LogP contribution in [0.3, 0.4) is 0 Å². The Morgan fingerprint density at radius 3 is 2.72 bits per heavy atom. The SMILES string of the molecule is CC(=O)Oc1c2n(cc(C(=O)NCc3ccc(F)cc3F)c1=O)C[C@H]1OC[C@H](C)N1C2=O. The number of hydrogen-bond acceptors (Lipinski definition) is 6. The Morgan fingerprint density at radius 1 is 1.28 bits per heavy atom. The molecule has 2 aliphatic heterocycles. The van der Waals surface area contributed by atoms with E-state index >= 15 is 0 Å². The molecule has 2 atom stereocenters. The maximum atomic E-state index is 13.8. The maximum Gasteiger partial charge on any atom is 0.308 e. The number of aromatic nitrogens is 1. The van der Waals surface area contributed by atoms with E-state index in [0.29, 0.717) is 12.7 Å². The second kappa shape index (κ2) is 8.15. The van der Waals surface area contributed by atoms with E-state index in [-0.39, 0.29) is 30.4 Å². The van der Waals surface area contributed by atoms with Crippen LogP contribution in [0.25, 0.3) is 0 Å². The van der Waals surface area contributed by atoms with Gasteiger partial charge in [0.25, 0.3) is 11.8 Å². The molecule has 0 unspecified atom stereocenters. The lowest BCUT2D eigenvalue weighted by Gasteiger charge is -2.34. The van der Waals surface area contributed by atoms with Crippen LogP contribution in [-0.4, -0.2) is 46.1 Å². The van der Waals surface area contributed by atoms with Gasteiger partial charge < -0.3 is 24.3 Å². The number of nitrogens with one attached hydrogen (secondary N) is 1. The number of carbonyl (C=O) groups is 3. The smallest absolute Gasteiger partial charge is 0.308 e. The van der Waals surface area contributed by atoms with E-state index in [1.54, 1.807) is 6.92 Å². The topological polar surface area (TPSA) is 107 Å². The van der Waals surface area contributed by atoms with Gasteiger partial charge in [0, 0.05) is 31.3 Å². The number of halogens is 2. The molecule has 2 aliphatic rings. The van der Waals surface area contributed by atoms with Gasteiger partial charge in [-0.1, -0.05) is 6.07 Å². The first kappa shape index (κ1) is 21.6. The molecule has 0 saturated carbocycles. The minimum atomic E-state index is -0.955. The average molecular weight is 447 g/mol. The lowest BCUT2D eigenvalue weighted by Crippen LogP contribution is -2.49. The monoisotopic (exact) mass is 447 g/mol. The second-order valence-electron chi connectivity index (χ2n) is 7.56. The molecular weight excluding hydrogens is 428 g/mol. The molecule has 0 bridgehead atoms. The summed E-state index contributed by atoms with van der Waals surface area (Å²) in [6, 6.07) is 2.64. The molecule has 3 heterocycles. The number of amides is 2. The summed E-state index contributed by atoms with van der Waals surface area (Å²) in [6.07, 6.45) is 0.588. The summed E-state index contributed by atoms with van der Waals surface area (Å²) >= 11 is 0. The molecule has 1 aromatic carbocycles. The number of nitrogens with zero attached hydrogens (tertiary/aromatic N) is 2. The standard InChI is InChI=1S/C21H19F2N3O6/c1-10-9-31-16-8-25-7-14(20(29)24-6-12-3-4-13(22)5-15(12)23)18(28)19(32-11(2)27)17(25)21(30)26(10)16/h3-5,7,10,16H,6,8-9H2,1-2H3,(H,24,29)/t10-,16+/m0/s1. The van der Waals surface area contributed by atoms with Crippen molar-refractivity contribution < 1.29 is 32.6 Å². The van der Waals surface area contributed by atoms with Crippen LogP contribution in [-0.2, 0) is 22.6 Å². The van der Waals surface area contributed by atoms with Crippen molar-refractivity contribution in [3.63, 3.8) is 0 Å². The van der Waals surface area contributed by atoms with E-state index in [2.05, 4.69) is 5.32 Å². The van der Waals surface area contributed by atoms with Crippen LogP contribution >= 0.6 is 0 Å². The molecule has 11 heteroatoms. The number of hydrogen-bond donors (Lipinski definition) is 1. The van der Waals surface area contributed by atoms with Crippen LogP contribution in [0.15, 0.2) is 29.2 Å². The summed E-state index contributed by atoms with van der Waals surface area (Å²) < 4.78 is 38.9. The molecule has 1 aromatic heterocycles. The Kier molecular flexibility index (Phi) is 5.51. The predicted molar refractivity (Wildman–Crippen MR) is 105 cm³/mol. The molecule has 0 radical (unpaired) electrons. The Balaban J connectivity index is 1.70. The summed E-state index contributed by atoms with van der Waals surface area (Å²) in [5.74, 6) is -4.44. The maximum absolute atomic E-state index is 13.8. The fourth-order valence-electron chi connectivity index (χ4n) is 3.80. The third-order valence-corrected chi connectivity index (χ3v) is 5.29. The van der Waals surface area contributed by atoms with Gasteiger partial charge in [0.2, 0.25) is 11.2 Å². The summed E-state index contributed by atoms with van der Waals surface area (Å²) in [4.78, 5) is 51.8. The van der Waals surface area contributed by atoms with Crippen LogP contribution in [0.4, 0.5) is 8.78 Å². The van der Waals surface area contributed by atoms with Crippen LogP contribution in [0.2, 0.25) is 0 Å². The minimum Gasteiger partial charge on any atom is -0.420 e. The first-order valence-corrected chi connectivity index (χ1v) is 9.79. The van der Waals surface area contributed by atoms with Crippen LogP contribution in [0.1, 0.15) is 40.3 Å². The quantitative estimate of drug-likeness (QED) is 0.706. The third kappa shape index (κ3) is 3.75. The Bertz CT molecular complexity index is 1190. The van der Waals surface area contributed by atoms with Crippen LogP contribution < -0.4 is 15.5 Å². The highest BCUT2D eigenvalue weighted by atomic mass is 19.1. The van der Waals surface area contributed by atoms with Crippen molar-refractivity contribution >= 4 is 17.8 Å². The number of fused-ring (bicyclic) bond motifs is 2. The van der Waals surface area contributed by atoms with Gasteiger partial charge in [0.15, 0.2) is 11.9 Å². The first-order valence-electron chi connectivity index (χ1n) is 9.79. The van der Waals surface area contributed by atoms with Crippen molar-refractivity contribution in [1.82, 2.24) is 14.8 Å². The molecule has 1 N–H and O–H groups in total. The molecule has 2 aromatic rings. The van der Waals surface area contributed by atoms with Gasteiger partial charge >= 0.3 is 5.97 Å².